The number of fused-ring (bicyclic) bond motifs is 1. The molecule has 5 heteroatoms. The van der Waals surface area contributed by atoms with E-state index in [1.54, 1.807) is 11.3 Å². The lowest BCUT2D eigenvalue weighted by molar-refractivity contribution is 0.0919. The van der Waals surface area contributed by atoms with E-state index in [1.165, 1.54) is 4.88 Å². The molecule has 2 N–H and O–H groups in total. The Morgan fingerprint density at radius 2 is 1.70 bits per heavy atom. The van der Waals surface area contributed by atoms with Crippen LogP contribution in [0.25, 0.3) is 0 Å². The second kappa shape index (κ2) is 8.18. The van der Waals surface area contributed by atoms with Crippen molar-refractivity contribution in [3.8, 4) is 0 Å². The summed E-state index contributed by atoms with van der Waals surface area (Å²) >= 11 is 1.57. The van der Waals surface area contributed by atoms with Crippen LogP contribution in [0.15, 0.2) is 24.3 Å². The first-order valence-corrected chi connectivity index (χ1v) is 11.5. The molecule has 0 aliphatic heterocycles. The number of carbonyl (C=O) groups is 2. The molecule has 1 heterocycles. The highest BCUT2D eigenvalue weighted by atomic mass is 32.1. The molecule has 162 valence electrons. The van der Waals surface area contributed by atoms with E-state index in [-0.39, 0.29) is 22.8 Å². The molecular weight excluding hydrogens is 392 g/mol. The van der Waals surface area contributed by atoms with Gasteiger partial charge in [-0.05, 0) is 75.5 Å². The van der Waals surface area contributed by atoms with E-state index in [9.17, 15) is 9.59 Å². The fraction of sp³-hybridized carbons (Fsp3) is 0.520. The largest absolute Gasteiger partial charge is 0.347 e. The van der Waals surface area contributed by atoms with Gasteiger partial charge in [-0.2, -0.15) is 0 Å². The molecule has 1 atom stereocenters. The number of aryl methyl sites for hydroxylation is 1. The Balaban J connectivity index is 1.99. The average molecular weight is 427 g/mol. The normalized spacial score (nSPS) is 16.7. The van der Waals surface area contributed by atoms with Crippen molar-refractivity contribution < 1.29 is 9.59 Å². The molecule has 0 radical (unpaired) electrons. The molecule has 0 spiro atoms. The van der Waals surface area contributed by atoms with Crippen LogP contribution in [0.1, 0.15) is 84.7 Å². The number of amides is 2. The Hall–Kier alpha value is -2.14. The molecule has 2 amide bonds. The zero-order valence-electron chi connectivity index (χ0n) is 19.2. The number of hydrogen-bond donors (Lipinski definition) is 2. The number of thiophene rings is 1. The highest BCUT2D eigenvalue weighted by molar-refractivity contribution is 7.17. The third-order valence-electron chi connectivity index (χ3n) is 5.82. The lowest BCUT2D eigenvalue weighted by Crippen LogP contribution is -2.41. The summed E-state index contributed by atoms with van der Waals surface area (Å²) in [4.78, 5) is 27.5. The van der Waals surface area contributed by atoms with E-state index in [2.05, 4.69) is 31.4 Å². The molecule has 0 saturated carbocycles. The summed E-state index contributed by atoms with van der Waals surface area (Å²) in [6, 6.07) is 7.53. The summed E-state index contributed by atoms with van der Waals surface area (Å²) in [5.41, 5.74) is 3.20. The van der Waals surface area contributed by atoms with Gasteiger partial charge in [-0.25, -0.2) is 0 Å². The van der Waals surface area contributed by atoms with Gasteiger partial charge in [-0.1, -0.05) is 39.0 Å². The summed E-state index contributed by atoms with van der Waals surface area (Å²) < 4.78 is 0. The van der Waals surface area contributed by atoms with Gasteiger partial charge in [0.25, 0.3) is 11.8 Å². The quantitative estimate of drug-likeness (QED) is 0.633. The molecule has 1 aliphatic carbocycles. The predicted octanol–water partition coefficient (Wildman–Crippen LogP) is 5.99. The monoisotopic (exact) mass is 426 g/mol. The number of carbonyl (C=O) groups excluding carboxylic acids is 2. The molecule has 3 rings (SSSR count). The van der Waals surface area contributed by atoms with E-state index >= 15 is 0 Å². The Morgan fingerprint density at radius 3 is 2.30 bits per heavy atom. The third-order valence-corrected chi connectivity index (χ3v) is 6.99. The van der Waals surface area contributed by atoms with Gasteiger partial charge in [-0.15, -0.1) is 11.3 Å². The van der Waals surface area contributed by atoms with Crippen LogP contribution in [0, 0.1) is 18.3 Å². The fourth-order valence-electron chi connectivity index (χ4n) is 4.05. The zero-order chi connectivity index (χ0) is 22.3. The number of nitrogens with one attached hydrogen (secondary N) is 2. The topological polar surface area (TPSA) is 58.2 Å². The number of rotatable bonds is 3. The lowest BCUT2D eigenvalue weighted by atomic mass is 9.72. The summed E-state index contributed by atoms with van der Waals surface area (Å²) in [5.74, 6) is 0.306. The summed E-state index contributed by atoms with van der Waals surface area (Å²) in [5, 5.41) is 6.83. The third kappa shape index (κ3) is 4.94. The van der Waals surface area contributed by atoms with E-state index in [1.807, 2.05) is 52.0 Å². The van der Waals surface area contributed by atoms with Crippen molar-refractivity contribution in [1.82, 2.24) is 5.32 Å². The molecule has 4 nitrogen and oxygen atoms in total. The maximum atomic E-state index is 13.2. The predicted molar refractivity (Wildman–Crippen MR) is 126 cm³/mol. The van der Waals surface area contributed by atoms with E-state index in [0.717, 1.165) is 30.4 Å². The van der Waals surface area contributed by atoms with Gasteiger partial charge in [0.05, 0.1) is 5.56 Å². The first kappa shape index (κ1) is 22.5. The van der Waals surface area contributed by atoms with Crippen LogP contribution in [0.5, 0.6) is 0 Å². The zero-order valence-corrected chi connectivity index (χ0v) is 20.0. The highest BCUT2D eigenvalue weighted by Crippen LogP contribution is 2.44. The van der Waals surface area contributed by atoms with Gasteiger partial charge in [0.15, 0.2) is 0 Å². The van der Waals surface area contributed by atoms with Crippen molar-refractivity contribution in [2.45, 2.75) is 73.3 Å². The second-order valence-electron chi connectivity index (χ2n) is 10.5. The van der Waals surface area contributed by atoms with E-state index in [0.29, 0.717) is 22.0 Å². The molecule has 0 fully saturated rings. The van der Waals surface area contributed by atoms with Crippen molar-refractivity contribution in [1.29, 1.82) is 0 Å². The summed E-state index contributed by atoms with van der Waals surface area (Å²) in [6.45, 7) is 14.7. The van der Waals surface area contributed by atoms with Crippen LogP contribution in [0.3, 0.4) is 0 Å². The van der Waals surface area contributed by atoms with Crippen LogP contribution < -0.4 is 10.6 Å². The number of hydrogen-bond acceptors (Lipinski definition) is 3. The van der Waals surface area contributed by atoms with Crippen LogP contribution in [0.2, 0.25) is 0 Å². The van der Waals surface area contributed by atoms with Gasteiger partial charge in [0, 0.05) is 16.0 Å². The first-order valence-electron chi connectivity index (χ1n) is 10.7. The van der Waals surface area contributed by atoms with E-state index in [4.69, 9.17) is 0 Å². The minimum Gasteiger partial charge on any atom is -0.347 e. The van der Waals surface area contributed by atoms with Crippen molar-refractivity contribution in [3.05, 3.63) is 51.4 Å². The molecule has 1 aliphatic rings. The van der Waals surface area contributed by atoms with Crippen molar-refractivity contribution in [3.63, 3.8) is 0 Å². The van der Waals surface area contributed by atoms with Crippen LogP contribution >= 0.6 is 11.3 Å². The molecule has 1 aromatic carbocycles. The Kier molecular flexibility index (Phi) is 6.15. The highest BCUT2D eigenvalue weighted by Gasteiger charge is 2.34. The van der Waals surface area contributed by atoms with Crippen molar-refractivity contribution in [2.75, 3.05) is 5.32 Å². The molecule has 0 bridgehead atoms. The van der Waals surface area contributed by atoms with Crippen LogP contribution in [-0.2, 0) is 12.8 Å². The Labute approximate surface area is 184 Å². The number of benzene rings is 1. The van der Waals surface area contributed by atoms with Gasteiger partial charge in [0.2, 0.25) is 0 Å². The van der Waals surface area contributed by atoms with E-state index < -0.39 is 0 Å². The minimum absolute atomic E-state index is 0.103. The van der Waals surface area contributed by atoms with Gasteiger partial charge < -0.3 is 10.6 Å². The van der Waals surface area contributed by atoms with Crippen molar-refractivity contribution >= 4 is 28.2 Å². The molecule has 2 aromatic rings. The molecular formula is C25H34N2O2S. The first-order chi connectivity index (χ1) is 13.9. The second-order valence-corrected chi connectivity index (χ2v) is 11.6. The Morgan fingerprint density at radius 1 is 1.03 bits per heavy atom. The molecule has 1 aromatic heterocycles. The lowest BCUT2D eigenvalue weighted by Gasteiger charge is -2.34. The molecule has 0 unspecified atom stereocenters. The fourth-order valence-corrected chi connectivity index (χ4v) is 5.37. The summed E-state index contributed by atoms with van der Waals surface area (Å²) in [6.07, 6.45) is 2.90. The number of anilines is 1. The minimum atomic E-state index is -0.341. The van der Waals surface area contributed by atoms with Crippen molar-refractivity contribution in [2.24, 2.45) is 11.3 Å². The standard InChI is InChI=1S/C25H34N2O2S/c1-15-10-8-9-11-17(15)21(28)26-23-20(22(29)27-25(5,6)7)18-13-12-16(24(2,3)4)14-19(18)30-23/h8-11,16H,12-14H2,1-7H3,(H,26,28)(H,27,29)/t16-/m1/s1. The maximum Gasteiger partial charge on any atom is 0.256 e. The van der Waals surface area contributed by atoms with Gasteiger partial charge in [0.1, 0.15) is 5.00 Å². The maximum absolute atomic E-state index is 13.2. The van der Waals surface area contributed by atoms with Gasteiger partial charge in [-0.3, -0.25) is 9.59 Å². The van der Waals surface area contributed by atoms with Crippen LogP contribution in [0.4, 0.5) is 5.00 Å². The molecule has 0 saturated heterocycles. The van der Waals surface area contributed by atoms with Gasteiger partial charge >= 0.3 is 0 Å². The molecule has 30 heavy (non-hydrogen) atoms. The Bertz CT molecular complexity index is 961. The smallest absolute Gasteiger partial charge is 0.256 e. The van der Waals surface area contributed by atoms with Crippen LogP contribution in [-0.4, -0.2) is 17.4 Å². The SMILES string of the molecule is Cc1ccccc1C(=O)Nc1sc2c(c1C(=O)NC(C)(C)C)CC[C@@H](C(C)(C)C)C2. The average Bonchev–Trinajstić information content (AvgIpc) is 2.96. The summed E-state index contributed by atoms with van der Waals surface area (Å²) in [7, 11) is 0.